The summed E-state index contributed by atoms with van der Waals surface area (Å²) in [6.45, 7) is 3.32. The SMILES string of the molecule is CNC1CCCN(Cc2cn(C)nc2-c2cccs2)C1.Cl. The van der Waals surface area contributed by atoms with E-state index < -0.39 is 0 Å². The molecule has 1 aliphatic rings. The Balaban J connectivity index is 0.00000161. The maximum atomic E-state index is 4.64. The number of hydrogen-bond acceptors (Lipinski definition) is 4. The number of nitrogens with one attached hydrogen (secondary N) is 1. The van der Waals surface area contributed by atoms with Gasteiger partial charge in [0.05, 0.1) is 4.88 Å². The smallest absolute Gasteiger partial charge is 0.107 e. The summed E-state index contributed by atoms with van der Waals surface area (Å²) < 4.78 is 1.93. The molecule has 0 aliphatic carbocycles. The molecule has 4 nitrogen and oxygen atoms in total. The molecule has 0 aromatic carbocycles. The first kappa shape index (κ1) is 16.5. The Morgan fingerprint density at radius 2 is 2.33 bits per heavy atom. The van der Waals surface area contributed by atoms with Gasteiger partial charge < -0.3 is 5.32 Å². The Morgan fingerprint density at radius 1 is 1.48 bits per heavy atom. The lowest BCUT2D eigenvalue weighted by molar-refractivity contribution is 0.188. The number of likely N-dealkylation sites (tertiary alicyclic amines) is 1. The molecule has 0 spiro atoms. The molecule has 1 fully saturated rings. The number of piperidine rings is 1. The summed E-state index contributed by atoms with van der Waals surface area (Å²) in [5.74, 6) is 0. The molecular weight excluding hydrogens is 304 g/mol. The Kier molecular flexibility index (Phi) is 5.81. The van der Waals surface area contributed by atoms with Gasteiger partial charge in [-0.05, 0) is 37.9 Å². The van der Waals surface area contributed by atoms with Crippen LogP contribution in [-0.4, -0.2) is 40.9 Å². The second kappa shape index (κ2) is 7.40. The summed E-state index contributed by atoms with van der Waals surface area (Å²) in [6, 6.07) is 4.88. The fourth-order valence-electron chi connectivity index (χ4n) is 2.95. The maximum Gasteiger partial charge on any atom is 0.107 e. The van der Waals surface area contributed by atoms with Crippen molar-refractivity contribution in [2.45, 2.75) is 25.4 Å². The molecule has 0 bridgehead atoms. The van der Waals surface area contributed by atoms with Crippen molar-refractivity contribution in [2.75, 3.05) is 20.1 Å². The predicted molar refractivity (Wildman–Crippen MR) is 91.1 cm³/mol. The summed E-state index contributed by atoms with van der Waals surface area (Å²) in [5.41, 5.74) is 2.49. The molecule has 0 saturated carbocycles. The zero-order valence-corrected chi connectivity index (χ0v) is 14.2. The molecule has 1 aliphatic heterocycles. The monoisotopic (exact) mass is 326 g/mol. The lowest BCUT2D eigenvalue weighted by Gasteiger charge is -2.32. The highest BCUT2D eigenvalue weighted by Gasteiger charge is 2.20. The third kappa shape index (κ3) is 3.86. The van der Waals surface area contributed by atoms with Crippen LogP contribution in [0.5, 0.6) is 0 Å². The van der Waals surface area contributed by atoms with E-state index in [1.54, 1.807) is 11.3 Å². The van der Waals surface area contributed by atoms with E-state index in [4.69, 9.17) is 0 Å². The number of rotatable bonds is 4. The minimum absolute atomic E-state index is 0. The Labute approximate surface area is 136 Å². The minimum atomic E-state index is 0. The first-order valence-electron chi connectivity index (χ1n) is 7.22. The number of hydrogen-bond donors (Lipinski definition) is 1. The van der Waals surface area contributed by atoms with E-state index in [9.17, 15) is 0 Å². The Hall–Kier alpha value is -0.880. The van der Waals surface area contributed by atoms with Crippen LogP contribution in [0.25, 0.3) is 10.6 Å². The van der Waals surface area contributed by atoms with Gasteiger partial charge in [-0.3, -0.25) is 9.58 Å². The van der Waals surface area contributed by atoms with Crippen molar-refractivity contribution >= 4 is 23.7 Å². The van der Waals surface area contributed by atoms with Gasteiger partial charge in [-0.25, -0.2) is 0 Å². The summed E-state index contributed by atoms with van der Waals surface area (Å²) in [7, 11) is 4.07. The van der Waals surface area contributed by atoms with E-state index in [0.717, 1.165) is 18.8 Å². The van der Waals surface area contributed by atoms with Crippen LogP contribution in [0.15, 0.2) is 23.7 Å². The zero-order chi connectivity index (χ0) is 13.9. The van der Waals surface area contributed by atoms with Gasteiger partial charge in [-0.2, -0.15) is 5.10 Å². The third-order valence-electron chi connectivity index (χ3n) is 3.97. The van der Waals surface area contributed by atoms with Crippen molar-refractivity contribution in [3.63, 3.8) is 0 Å². The number of aromatic nitrogens is 2. The number of thiophene rings is 1. The van der Waals surface area contributed by atoms with Crippen molar-refractivity contribution in [1.82, 2.24) is 20.0 Å². The van der Waals surface area contributed by atoms with E-state index in [1.807, 2.05) is 11.7 Å². The van der Waals surface area contributed by atoms with Gasteiger partial charge in [-0.1, -0.05) is 6.07 Å². The predicted octanol–water partition coefficient (Wildman–Crippen LogP) is 2.75. The fraction of sp³-hybridized carbons (Fsp3) is 0.533. The normalized spacial score (nSPS) is 19.4. The van der Waals surface area contributed by atoms with Crippen LogP contribution in [-0.2, 0) is 13.6 Å². The van der Waals surface area contributed by atoms with Crippen LogP contribution in [0.3, 0.4) is 0 Å². The van der Waals surface area contributed by atoms with E-state index >= 15 is 0 Å². The molecule has 1 saturated heterocycles. The average Bonchev–Trinajstić information content (AvgIpc) is 3.08. The molecule has 3 heterocycles. The van der Waals surface area contributed by atoms with Crippen molar-refractivity contribution in [1.29, 1.82) is 0 Å². The Bertz CT molecular complexity index is 552. The topological polar surface area (TPSA) is 33.1 Å². The van der Waals surface area contributed by atoms with Crippen LogP contribution in [0.1, 0.15) is 18.4 Å². The third-order valence-corrected chi connectivity index (χ3v) is 4.84. The van der Waals surface area contributed by atoms with Crippen LogP contribution in [0, 0.1) is 0 Å². The molecule has 2 aromatic heterocycles. The first-order valence-corrected chi connectivity index (χ1v) is 8.10. The molecule has 1 atom stereocenters. The van der Waals surface area contributed by atoms with E-state index in [0.29, 0.717) is 6.04 Å². The van der Waals surface area contributed by atoms with Gasteiger partial charge in [0.1, 0.15) is 5.69 Å². The molecular formula is C15H23ClN4S. The van der Waals surface area contributed by atoms with E-state index in [2.05, 4.69) is 46.1 Å². The van der Waals surface area contributed by atoms with Crippen molar-refractivity contribution in [3.05, 3.63) is 29.3 Å². The second-order valence-corrected chi connectivity index (χ2v) is 6.46. The van der Waals surface area contributed by atoms with Gasteiger partial charge in [-0.15, -0.1) is 23.7 Å². The van der Waals surface area contributed by atoms with Crippen molar-refractivity contribution in [3.8, 4) is 10.6 Å². The number of aryl methyl sites for hydroxylation is 1. The molecule has 2 aromatic rings. The van der Waals surface area contributed by atoms with Gasteiger partial charge in [0.2, 0.25) is 0 Å². The first-order chi connectivity index (χ1) is 9.76. The highest BCUT2D eigenvalue weighted by molar-refractivity contribution is 7.13. The molecule has 3 rings (SSSR count). The van der Waals surface area contributed by atoms with Crippen molar-refractivity contribution < 1.29 is 0 Å². The lowest BCUT2D eigenvalue weighted by Crippen LogP contribution is -2.43. The van der Waals surface area contributed by atoms with E-state index in [-0.39, 0.29) is 12.4 Å². The standard InChI is InChI=1S/C15H22N4S.ClH/c1-16-13-5-3-7-19(11-13)10-12-9-18(2)17-15(12)14-6-4-8-20-14;/h4,6,8-9,13,16H,3,5,7,10-11H2,1-2H3;1H. The largest absolute Gasteiger partial charge is 0.316 e. The van der Waals surface area contributed by atoms with Crippen LogP contribution in [0.4, 0.5) is 0 Å². The van der Waals surface area contributed by atoms with Crippen LogP contribution in [0.2, 0.25) is 0 Å². The molecule has 21 heavy (non-hydrogen) atoms. The quantitative estimate of drug-likeness (QED) is 0.938. The number of halogens is 1. The summed E-state index contributed by atoms with van der Waals surface area (Å²) in [6.07, 6.45) is 4.73. The van der Waals surface area contributed by atoms with Crippen LogP contribution < -0.4 is 5.32 Å². The minimum Gasteiger partial charge on any atom is -0.316 e. The summed E-state index contributed by atoms with van der Waals surface area (Å²) in [4.78, 5) is 3.81. The average molecular weight is 327 g/mol. The Morgan fingerprint density at radius 3 is 3.05 bits per heavy atom. The highest BCUT2D eigenvalue weighted by Crippen LogP contribution is 2.27. The fourth-order valence-corrected chi connectivity index (χ4v) is 3.69. The van der Waals surface area contributed by atoms with Crippen LogP contribution >= 0.6 is 23.7 Å². The van der Waals surface area contributed by atoms with Gasteiger partial charge in [0, 0.05) is 37.9 Å². The molecule has 1 N–H and O–H groups in total. The summed E-state index contributed by atoms with van der Waals surface area (Å²) >= 11 is 1.76. The number of nitrogens with zero attached hydrogens (tertiary/aromatic N) is 3. The van der Waals surface area contributed by atoms with Gasteiger partial charge in [0.15, 0.2) is 0 Å². The highest BCUT2D eigenvalue weighted by atomic mass is 35.5. The van der Waals surface area contributed by atoms with Gasteiger partial charge >= 0.3 is 0 Å². The van der Waals surface area contributed by atoms with Gasteiger partial charge in [0.25, 0.3) is 0 Å². The van der Waals surface area contributed by atoms with E-state index in [1.165, 1.54) is 29.8 Å². The second-order valence-electron chi connectivity index (χ2n) is 5.52. The molecule has 6 heteroatoms. The number of likely N-dealkylation sites (N-methyl/N-ethyl adjacent to an activating group) is 1. The zero-order valence-electron chi connectivity index (χ0n) is 12.6. The molecule has 0 amide bonds. The summed E-state index contributed by atoms with van der Waals surface area (Å²) in [5, 5.41) is 10.2. The molecule has 1 unspecified atom stereocenters. The molecule has 116 valence electrons. The van der Waals surface area contributed by atoms with Crippen molar-refractivity contribution in [2.24, 2.45) is 7.05 Å². The molecule has 0 radical (unpaired) electrons. The lowest BCUT2D eigenvalue weighted by atomic mass is 10.1. The maximum absolute atomic E-state index is 4.64.